The van der Waals surface area contributed by atoms with Crippen LogP contribution in [0.1, 0.15) is 21.6 Å². The van der Waals surface area contributed by atoms with E-state index in [4.69, 9.17) is 10.00 Å². The number of anilines is 1. The van der Waals surface area contributed by atoms with Gasteiger partial charge in [0.1, 0.15) is 5.75 Å². The normalized spacial score (nSPS) is 10.3. The monoisotopic (exact) mass is 305 g/mol. The largest absolute Gasteiger partial charge is 0.497 e. The summed E-state index contributed by atoms with van der Waals surface area (Å²) in [6, 6.07) is 14.4. The van der Waals surface area contributed by atoms with Gasteiger partial charge in [-0.3, -0.25) is 4.79 Å². The Bertz CT molecular complexity index is 935. The van der Waals surface area contributed by atoms with Crippen molar-refractivity contribution in [1.82, 2.24) is 4.98 Å². The Hall–Kier alpha value is -3.26. The molecule has 0 bridgehead atoms. The second kappa shape index (κ2) is 5.85. The van der Waals surface area contributed by atoms with Crippen LogP contribution in [0.25, 0.3) is 10.9 Å². The fraction of sp³-hybridized carbons (Fsp3) is 0.111. The van der Waals surface area contributed by atoms with Crippen LogP contribution in [0.4, 0.5) is 5.69 Å². The number of nitrogens with zero attached hydrogens (tertiary/aromatic N) is 1. The van der Waals surface area contributed by atoms with Crippen LogP contribution >= 0.6 is 0 Å². The van der Waals surface area contributed by atoms with Gasteiger partial charge in [-0.2, -0.15) is 5.26 Å². The van der Waals surface area contributed by atoms with Gasteiger partial charge < -0.3 is 15.0 Å². The van der Waals surface area contributed by atoms with E-state index in [0.29, 0.717) is 22.6 Å². The number of H-pyrrole nitrogens is 1. The molecule has 0 fully saturated rings. The molecule has 0 atom stereocenters. The number of nitrogens with one attached hydrogen (secondary N) is 2. The van der Waals surface area contributed by atoms with E-state index in [1.807, 2.05) is 25.1 Å². The van der Waals surface area contributed by atoms with Crippen LogP contribution < -0.4 is 10.1 Å². The molecule has 114 valence electrons. The number of aromatic nitrogens is 1. The standard InChI is InChI=1S/C18H15N3O2/c1-11-17(15-9-14(23-2)6-7-16(15)20-11)18(22)21-13-5-3-4-12(8-13)10-19/h3-9,20H,1-2H3,(H,21,22). The average Bonchev–Trinajstić information content (AvgIpc) is 2.89. The van der Waals surface area contributed by atoms with Gasteiger partial charge in [-0.15, -0.1) is 0 Å². The number of aryl methyl sites for hydroxylation is 1. The molecule has 0 aliphatic carbocycles. The summed E-state index contributed by atoms with van der Waals surface area (Å²) in [4.78, 5) is 15.9. The van der Waals surface area contributed by atoms with Gasteiger partial charge >= 0.3 is 0 Å². The Morgan fingerprint density at radius 2 is 2.09 bits per heavy atom. The van der Waals surface area contributed by atoms with Crippen LogP contribution in [0.2, 0.25) is 0 Å². The number of ether oxygens (including phenoxy) is 1. The molecule has 0 saturated carbocycles. The second-order valence-electron chi connectivity index (χ2n) is 5.18. The topological polar surface area (TPSA) is 77.9 Å². The first-order valence-electron chi connectivity index (χ1n) is 7.10. The number of benzene rings is 2. The van der Waals surface area contributed by atoms with Crippen molar-refractivity contribution in [2.45, 2.75) is 6.92 Å². The SMILES string of the molecule is COc1ccc2[nH]c(C)c(C(=O)Nc3cccc(C#N)c3)c2c1. The number of carbonyl (C=O) groups is 1. The number of rotatable bonds is 3. The van der Waals surface area contributed by atoms with E-state index in [9.17, 15) is 4.79 Å². The molecule has 0 aliphatic heterocycles. The third-order valence-electron chi connectivity index (χ3n) is 3.67. The third kappa shape index (κ3) is 2.74. The van der Waals surface area contributed by atoms with E-state index >= 15 is 0 Å². The van der Waals surface area contributed by atoms with E-state index in [-0.39, 0.29) is 5.91 Å². The quantitative estimate of drug-likeness (QED) is 0.776. The summed E-state index contributed by atoms with van der Waals surface area (Å²) >= 11 is 0. The zero-order valence-electron chi connectivity index (χ0n) is 12.8. The first-order valence-corrected chi connectivity index (χ1v) is 7.10. The van der Waals surface area contributed by atoms with Gasteiger partial charge in [-0.05, 0) is 43.3 Å². The molecule has 3 aromatic rings. The first kappa shape index (κ1) is 14.7. The lowest BCUT2D eigenvalue weighted by Crippen LogP contribution is -2.12. The molecule has 0 aliphatic rings. The van der Waals surface area contributed by atoms with Gasteiger partial charge in [-0.25, -0.2) is 0 Å². The lowest BCUT2D eigenvalue weighted by molar-refractivity contribution is 0.102. The highest BCUT2D eigenvalue weighted by atomic mass is 16.5. The molecular weight excluding hydrogens is 290 g/mol. The summed E-state index contributed by atoms with van der Waals surface area (Å²) in [5, 5.41) is 12.6. The highest BCUT2D eigenvalue weighted by Gasteiger charge is 2.17. The van der Waals surface area contributed by atoms with Crippen LogP contribution in [0, 0.1) is 18.3 Å². The van der Waals surface area contributed by atoms with Gasteiger partial charge in [0.25, 0.3) is 5.91 Å². The summed E-state index contributed by atoms with van der Waals surface area (Å²) in [5.41, 5.74) is 3.31. The van der Waals surface area contributed by atoms with Gasteiger partial charge in [0.05, 0.1) is 24.3 Å². The number of amides is 1. The van der Waals surface area contributed by atoms with Gasteiger partial charge in [-0.1, -0.05) is 6.07 Å². The summed E-state index contributed by atoms with van der Waals surface area (Å²) in [5.74, 6) is 0.467. The van der Waals surface area contributed by atoms with Crippen molar-refractivity contribution in [2.24, 2.45) is 0 Å². The van der Waals surface area contributed by atoms with Crippen molar-refractivity contribution < 1.29 is 9.53 Å². The highest BCUT2D eigenvalue weighted by molar-refractivity contribution is 6.14. The van der Waals surface area contributed by atoms with Crippen molar-refractivity contribution in [3.8, 4) is 11.8 Å². The lowest BCUT2D eigenvalue weighted by atomic mass is 10.1. The number of hydrogen-bond acceptors (Lipinski definition) is 3. The predicted molar refractivity (Wildman–Crippen MR) is 88.7 cm³/mol. The molecule has 5 nitrogen and oxygen atoms in total. The third-order valence-corrected chi connectivity index (χ3v) is 3.67. The van der Waals surface area contributed by atoms with Crippen LogP contribution in [0.15, 0.2) is 42.5 Å². The van der Waals surface area contributed by atoms with E-state index in [2.05, 4.69) is 16.4 Å². The Kier molecular flexibility index (Phi) is 3.73. The minimum Gasteiger partial charge on any atom is -0.497 e. The maximum absolute atomic E-state index is 12.7. The lowest BCUT2D eigenvalue weighted by Gasteiger charge is -2.06. The fourth-order valence-electron chi connectivity index (χ4n) is 2.59. The van der Waals surface area contributed by atoms with Crippen LogP contribution in [0.5, 0.6) is 5.75 Å². The smallest absolute Gasteiger partial charge is 0.258 e. The van der Waals surface area contributed by atoms with Gasteiger partial charge in [0.2, 0.25) is 0 Å². The van der Waals surface area contributed by atoms with Crippen molar-refractivity contribution in [1.29, 1.82) is 5.26 Å². The summed E-state index contributed by atoms with van der Waals surface area (Å²) in [6.45, 7) is 1.85. The molecule has 2 N–H and O–H groups in total. The van der Waals surface area contributed by atoms with E-state index in [0.717, 1.165) is 16.6 Å². The van der Waals surface area contributed by atoms with Crippen molar-refractivity contribution in [3.05, 3.63) is 59.3 Å². The number of carbonyl (C=O) groups excluding carboxylic acids is 1. The Balaban J connectivity index is 2.00. The number of methoxy groups -OCH3 is 1. The molecule has 1 amide bonds. The molecule has 3 rings (SSSR count). The van der Waals surface area contributed by atoms with Crippen LogP contribution in [-0.2, 0) is 0 Å². The Morgan fingerprint density at radius 3 is 2.83 bits per heavy atom. The molecule has 2 aromatic carbocycles. The van der Waals surface area contributed by atoms with E-state index < -0.39 is 0 Å². The molecule has 1 heterocycles. The van der Waals surface area contributed by atoms with E-state index in [1.54, 1.807) is 31.4 Å². The molecule has 0 saturated heterocycles. The van der Waals surface area contributed by atoms with Crippen molar-refractivity contribution in [3.63, 3.8) is 0 Å². The minimum absolute atomic E-state index is 0.225. The maximum Gasteiger partial charge on any atom is 0.258 e. The van der Waals surface area contributed by atoms with Gasteiger partial charge in [0.15, 0.2) is 0 Å². The summed E-state index contributed by atoms with van der Waals surface area (Å²) < 4.78 is 5.23. The van der Waals surface area contributed by atoms with Gasteiger partial charge in [0, 0.05) is 22.3 Å². The molecule has 0 spiro atoms. The average molecular weight is 305 g/mol. The molecule has 23 heavy (non-hydrogen) atoms. The molecule has 0 radical (unpaired) electrons. The maximum atomic E-state index is 12.7. The second-order valence-corrected chi connectivity index (χ2v) is 5.18. The summed E-state index contributed by atoms with van der Waals surface area (Å²) in [6.07, 6.45) is 0. The van der Waals surface area contributed by atoms with Crippen LogP contribution in [0.3, 0.4) is 0 Å². The number of aromatic amines is 1. The molecule has 1 aromatic heterocycles. The molecule has 5 heteroatoms. The Morgan fingerprint density at radius 1 is 1.26 bits per heavy atom. The minimum atomic E-state index is -0.225. The number of hydrogen-bond donors (Lipinski definition) is 2. The number of fused-ring (bicyclic) bond motifs is 1. The van der Waals surface area contributed by atoms with Crippen LogP contribution in [-0.4, -0.2) is 18.0 Å². The zero-order chi connectivity index (χ0) is 16.4. The van der Waals surface area contributed by atoms with Crippen molar-refractivity contribution in [2.75, 3.05) is 12.4 Å². The van der Waals surface area contributed by atoms with Crippen molar-refractivity contribution >= 4 is 22.5 Å². The fourth-order valence-corrected chi connectivity index (χ4v) is 2.59. The first-order chi connectivity index (χ1) is 11.1. The highest BCUT2D eigenvalue weighted by Crippen LogP contribution is 2.27. The number of nitriles is 1. The van der Waals surface area contributed by atoms with E-state index in [1.165, 1.54) is 0 Å². The molecular formula is C18H15N3O2. The molecule has 0 unspecified atom stereocenters. The Labute approximate surface area is 133 Å². The zero-order valence-corrected chi connectivity index (χ0v) is 12.8. The predicted octanol–water partition coefficient (Wildman–Crippen LogP) is 3.61. The summed E-state index contributed by atoms with van der Waals surface area (Å²) in [7, 11) is 1.59.